The second-order valence-corrected chi connectivity index (χ2v) is 5.38. The van der Waals surface area contributed by atoms with Gasteiger partial charge >= 0.3 is 0 Å². The lowest BCUT2D eigenvalue weighted by Crippen LogP contribution is -2.31. The molecular formula is C15H24N2. The van der Waals surface area contributed by atoms with Crippen molar-refractivity contribution in [1.82, 2.24) is 10.3 Å². The average Bonchev–Trinajstić information content (AvgIpc) is 2.38. The van der Waals surface area contributed by atoms with Crippen molar-refractivity contribution < 1.29 is 0 Å². The van der Waals surface area contributed by atoms with Gasteiger partial charge in [-0.3, -0.25) is 4.98 Å². The first-order valence-electron chi connectivity index (χ1n) is 6.92. The van der Waals surface area contributed by atoms with E-state index in [-0.39, 0.29) is 0 Å². The number of nitrogens with one attached hydrogen (secondary N) is 1. The van der Waals surface area contributed by atoms with E-state index in [1.165, 1.54) is 24.8 Å². The van der Waals surface area contributed by atoms with E-state index < -0.39 is 0 Å². The van der Waals surface area contributed by atoms with Crippen LogP contribution in [0.3, 0.4) is 0 Å². The van der Waals surface area contributed by atoms with Crippen molar-refractivity contribution in [2.45, 2.75) is 39.0 Å². The summed E-state index contributed by atoms with van der Waals surface area (Å²) in [4.78, 5) is 4.28. The van der Waals surface area contributed by atoms with Crippen molar-refractivity contribution in [3.8, 4) is 0 Å². The molecule has 0 amide bonds. The van der Waals surface area contributed by atoms with Gasteiger partial charge in [0, 0.05) is 12.4 Å². The Morgan fingerprint density at radius 1 is 1.41 bits per heavy atom. The Kier molecular flexibility index (Phi) is 4.55. The fourth-order valence-electron chi connectivity index (χ4n) is 3.02. The first-order chi connectivity index (χ1) is 8.31. The molecule has 1 aliphatic carbocycles. The Morgan fingerprint density at radius 3 is 3.00 bits per heavy atom. The van der Waals surface area contributed by atoms with Crippen molar-refractivity contribution in [3.05, 3.63) is 30.1 Å². The highest BCUT2D eigenvalue weighted by atomic mass is 14.8. The molecule has 17 heavy (non-hydrogen) atoms. The zero-order valence-corrected chi connectivity index (χ0v) is 11.0. The van der Waals surface area contributed by atoms with E-state index >= 15 is 0 Å². The van der Waals surface area contributed by atoms with Gasteiger partial charge in [-0.1, -0.05) is 26.3 Å². The summed E-state index contributed by atoms with van der Waals surface area (Å²) in [5.74, 6) is 2.35. The normalized spacial score (nSPS) is 29.2. The standard InChI is InChI=1S/C15H24N2/c1-3-16-10-14-7-6-12(2)9-15(14)13-5-4-8-17-11-13/h4-5,8,11-12,14-16H,3,6-7,9-10H2,1-2H3. The van der Waals surface area contributed by atoms with Crippen LogP contribution in [0, 0.1) is 11.8 Å². The molecule has 3 unspecified atom stereocenters. The van der Waals surface area contributed by atoms with Crippen LogP contribution in [0.2, 0.25) is 0 Å². The van der Waals surface area contributed by atoms with Crippen LogP contribution >= 0.6 is 0 Å². The number of hydrogen-bond donors (Lipinski definition) is 1. The summed E-state index contributed by atoms with van der Waals surface area (Å²) < 4.78 is 0. The van der Waals surface area contributed by atoms with Gasteiger partial charge in [-0.15, -0.1) is 0 Å². The second kappa shape index (κ2) is 6.15. The monoisotopic (exact) mass is 232 g/mol. The average molecular weight is 232 g/mol. The van der Waals surface area contributed by atoms with E-state index in [4.69, 9.17) is 0 Å². The van der Waals surface area contributed by atoms with E-state index in [9.17, 15) is 0 Å². The number of aromatic nitrogens is 1. The van der Waals surface area contributed by atoms with Gasteiger partial charge in [0.2, 0.25) is 0 Å². The van der Waals surface area contributed by atoms with Gasteiger partial charge in [-0.25, -0.2) is 0 Å². The number of hydrogen-bond acceptors (Lipinski definition) is 2. The van der Waals surface area contributed by atoms with Crippen LogP contribution in [0.15, 0.2) is 24.5 Å². The molecule has 0 bridgehead atoms. The van der Waals surface area contributed by atoms with Gasteiger partial charge in [0.15, 0.2) is 0 Å². The summed E-state index contributed by atoms with van der Waals surface area (Å²) in [6.07, 6.45) is 7.99. The maximum Gasteiger partial charge on any atom is 0.0302 e. The molecule has 2 heteroatoms. The summed E-state index contributed by atoms with van der Waals surface area (Å²) >= 11 is 0. The quantitative estimate of drug-likeness (QED) is 0.862. The third kappa shape index (κ3) is 3.29. The van der Waals surface area contributed by atoms with Gasteiger partial charge in [-0.2, -0.15) is 0 Å². The smallest absolute Gasteiger partial charge is 0.0302 e. The molecule has 0 spiro atoms. The molecule has 1 aliphatic rings. The van der Waals surface area contributed by atoms with Crippen molar-refractivity contribution >= 4 is 0 Å². The Labute approximate surface area is 105 Å². The zero-order valence-electron chi connectivity index (χ0n) is 11.0. The number of pyridine rings is 1. The molecule has 0 aromatic carbocycles. The van der Waals surface area contributed by atoms with E-state index in [0.717, 1.165) is 24.9 Å². The van der Waals surface area contributed by atoms with Crippen LogP contribution in [0.1, 0.15) is 44.6 Å². The summed E-state index contributed by atoms with van der Waals surface area (Å²) in [6.45, 7) is 6.80. The highest BCUT2D eigenvalue weighted by Gasteiger charge is 2.29. The van der Waals surface area contributed by atoms with E-state index in [1.54, 1.807) is 0 Å². The molecular weight excluding hydrogens is 208 g/mol. The molecule has 1 aromatic rings. The summed E-state index contributed by atoms with van der Waals surface area (Å²) in [5.41, 5.74) is 1.43. The van der Waals surface area contributed by atoms with E-state index in [1.807, 2.05) is 6.20 Å². The molecule has 1 heterocycles. The fourth-order valence-corrected chi connectivity index (χ4v) is 3.02. The Hall–Kier alpha value is -0.890. The van der Waals surface area contributed by atoms with Crippen LogP contribution in [0.25, 0.3) is 0 Å². The predicted molar refractivity (Wildman–Crippen MR) is 72.0 cm³/mol. The minimum absolute atomic E-state index is 0.700. The third-order valence-electron chi connectivity index (χ3n) is 4.02. The van der Waals surface area contributed by atoms with Gasteiger partial charge in [-0.05, 0) is 55.3 Å². The molecule has 94 valence electrons. The number of rotatable bonds is 4. The van der Waals surface area contributed by atoms with E-state index in [2.05, 4.69) is 42.5 Å². The van der Waals surface area contributed by atoms with Gasteiger partial charge in [0.05, 0.1) is 0 Å². The second-order valence-electron chi connectivity index (χ2n) is 5.38. The van der Waals surface area contributed by atoms with Crippen LogP contribution in [0.5, 0.6) is 0 Å². The van der Waals surface area contributed by atoms with Crippen LogP contribution < -0.4 is 5.32 Å². The lowest BCUT2D eigenvalue weighted by molar-refractivity contribution is 0.242. The molecule has 0 aliphatic heterocycles. The molecule has 0 saturated heterocycles. The Bertz CT molecular complexity index is 321. The van der Waals surface area contributed by atoms with Gasteiger partial charge < -0.3 is 5.32 Å². The highest BCUT2D eigenvalue weighted by Crippen LogP contribution is 2.39. The van der Waals surface area contributed by atoms with Crippen molar-refractivity contribution in [1.29, 1.82) is 0 Å². The molecule has 0 radical (unpaired) electrons. The molecule has 2 rings (SSSR count). The fraction of sp³-hybridized carbons (Fsp3) is 0.667. The maximum atomic E-state index is 4.28. The lowest BCUT2D eigenvalue weighted by atomic mass is 9.72. The van der Waals surface area contributed by atoms with Crippen LogP contribution in [-0.4, -0.2) is 18.1 Å². The van der Waals surface area contributed by atoms with Gasteiger partial charge in [0.25, 0.3) is 0 Å². The van der Waals surface area contributed by atoms with Crippen LogP contribution in [0.4, 0.5) is 0 Å². The molecule has 3 atom stereocenters. The van der Waals surface area contributed by atoms with Crippen molar-refractivity contribution in [2.24, 2.45) is 11.8 Å². The zero-order chi connectivity index (χ0) is 12.1. The summed E-state index contributed by atoms with van der Waals surface area (Å²) in [6, 6.07) is 4.31. The van der Waals surface area contributed by atoms with Crippen LogP contribution in [-0.2, 0) is 0 Å². The maximum absolute atomic E-state index is 4.28. The Morgan fingerprint density at radius 2 is 2.29 bits per heavy atom. The number of nitrogens with zero attached hydrogens (tertiary/aromatic N) is 1. The first kappa shape index (κ1) is 12.6. The lowest BCUT2D eigenvalue weighted by Gasteiger charge is -2.35. The molecule has 1 fully saturated rings. The van der Waals surface area contributed by atoms with Gasteiger partial charge in [0.1, 0.15) is 0 Å². The SMILES string of the molecule is CCNCC1CCC(C)CC1c1cccnc1. The molecule has 1 saturated carbocycles. The highest BCUT2D eigenvalue weighted by molar-refractivity contribution is 5.17. The predicted octanol–water partition coefficient (Wildman–Crippen LogP) is 3.21. The summed E-state index contributed by atoms with van der Waals surface area (Å²) in [7, 11) is 0. The van der Waals surface area contributed by atoms with E-state index in [0.29, 0.717) is 5.92 Å². The first-order valence-corrected chi connectivity index (χ1v) is 6.92. The van der Waals surface area contributed by atoms with Crippen molar-refractivity contribution in [2.75, 3.05) is 13.1 Å². The minimum atomic E-state index is 0.700. The molecule has 2 nitrogen and oxygen atoms in total. The Balaban J connectivity index is 2.08. The summed E-state index contributed by atoms with van der Waals surface area (Å²) in [5, 5.41) is 3.51. The van der Waals surface area contributed by atoms with Crippen molar-refractivity contribution in [3.63, 3.8) is 0 Å². The topological polar surface area (TPSA) is 24.9 Å². The largest absolute Gasteiger partial charge is 0.317 e. The third-order valence-corrected chi connectivity index (χ3v) is 4.02. The minimum Gasteiger partial charge on any atom is -0.317 e. The molecule has 1 aromatic heterocycles. The molecule has 1 N–H and O–H groups in total.